The molecule has 0 aliphatic carbocycles. The van der Waals surface area contributed by atoms with Gasteiger partial charge in [-0.15, -0.1) is 10.2 Å². The van der Waals surface area contributed by atoms with Gasteiger partial charge in [-0.3, -0.25) is 4.40 Å². The Kier molecular flexibility index (Phi) is 2.43. The van der Waals surface area contributed by atoms with E-state index in [9.17, 15) is 5.11 Å². The number of hydrogen-bond donors (Lipinski definition) is 2. The average Bonchev–Trinajstić information content (AvgIpc) is 2.61. The van der Waals surface area contributed by atoms with Crippen LogP contribution in [0.1, 0.15) is 18.3 Å². The van der Waals surface area contributed by atoms with Crippen LogP contribution in [0.4, 0.5) is 0 Å². The van der Waals surface area contributed by atoms with Crippen LogP contribution in [0.3, 0.4) is 0 Å². The predicted molar refractivity (Wildman–Crippen MR) is 51.6 cm³/mol. The molecule has 14 heavy (non-hydrogen) atoms. The van der Waals surface area contributed by atoms with Gasteiger partial charge in [0, 0.05) is 6.20 Å². The molecule has 0 amide bonds. The van der Waals surface area contributed by atoms with Crippen LogP contribution < -0.4 is 5.73 Å². The molecule has 2 aromatic rings. The Hall–Kier alpha value is -1.46. The zero-order chi connectivity index (χ0) is 9.97. The Morgan fingerprint density at radius 1 is 1.43 bits per heavy atom. The summed E-state index contributed by atoms with van der Waals surface area (Å²) in [5.74, 6) is 0.547. The maximum Gasteiger partial charge on any atom is 0.166 e. The first-order chi connectivity index (χ1) is 6.83. The van der Waals surface area contributed by atoms with E-state index in [1.807, 2.05) is 24.4 Å². The fourth-order valence-corrected chi connectivity index (χ4v) is 1.37. The summed E-state index contributed by atoms with van der Waals surface area (Å²) in [5, 5.41) is 17.6. The molecule has 0 saturated carbocycles. The van der Waals surface area contributed by atoms with Gasteiger partial charge in [0.15, 0.2) is 11.5 Å². The molecule has 0 aromatic carbocycles. The summed E-state index contributed by atoms with van der Waals surface area (Å²) in [6.45, 7) is 0.433. The first-order valence-electron chi connectivity index (χ1n) is 4.50. The molecule has 0 bridgehead atoms. The molecule has 2 rings (SSSR count). The maximum absolute atomic E-state index is 9.70. The lowest BCUT2D eigenvalue weighted by atomic mass is 10.2. The number of aliphatic hydroxyl groups excluding tert-OH is 1. The van der Waals surface area contributed by atoms with Crippen LogP contribution in [-0.2, 0) is 0 Å². The van der Waals surface area contributed by atoms with Crippen LogP contribution in [0.15, 0.2) is 24.4 Å². The second-order valence-electron chi connectivity index (χ2n) is 3.08. The number of pyridine rings is 1. The normalized spacial score (nSPS) is 13.3. The van der Waals surface area contributed by atoms with E-state index in [1.54, 1.807) is 4.40 Å². The van der Waals surface area contributed by atoms with Crippen molar-refractivity contribution >= 4 is 5.65 Å². The standard InChI is InChI=1S/C9H12N4O/c10-5-4-7(14)9-12-11-8-3-1-2-6-13(8)9/h1-3,6-7,14H,4-5,10H2. The van der Waals surface area contributed by atoms with E-state index in [0.29, 0.717) is 18.8 Å². The van der Waals surface area contributed by atoms with E-state index in [1.165, 1.54) is 0 Å². The van der Waals surface area contributed by atoms with Gasteiger partial charge in [0.1, 0.15) is 6.10 Å². The largest absolute Gasteiger partial charge is 0.385 e. The van der Waals surface area contributed by atoms with Gasteiger partial charge < -0.3 is 10.8 Å². The molecule has 1 atom stereocenters. The third-order valence-corrected chi connectivity index (χ3v) is 2.08. The van der Waals surface area contributed by atoms with Gasteiger partial charge in [-0.25, -0.2) is 0 Å². The maximum atomic E-state index is 9.70. The van der Waals surface area contributed by atoms with Crippen LogP contribution in [0.2, 0.25) is 0 Å². The molecule has 3 N–H and O–H groups in total. The van der Waals surface area contributed by atoms with Crippen molar-refractivity contribution < 1.29 is 5.11 Å². The molecule has 5 nitrogen and oxygen atoms in total. The van der Waals surface area contributed by atoms with Crippen molar-refractivity contribution in [3.05, 3.63) is 30.2 Å². The van der Waals surface area contributed by atoms with Crippen LogP contribution in [-0.4, -0.2) is 26.2 Å². The number of aromatic nitrogens is 3. The number of fused-ring (bicyclic) bond motifs is 1. The van der Waals surface area contributed by atoms with Crippen molar-refractivity contribution in [2.75, 3.05) is 6.54 Å². The van der Waals surface area contributed by atoms with E-state index in [4.69, 9.17) is 5.73 Å². The van der Waals surface area contributed by atoms with Gasteiger partial charge >= 0.3 is 0 Å². The quantitative estimate of drug-likeness (QED) is 0.723. The molecule has 0 saturated heterocycles. The molecule has 2 heterocycles. The fourth-order valence-electron chi connectivity index (χ4n) is 1.37. The Balaban J connectivity index is 2.42. The zero-order valence-electron chi connectivity index (χ0n) is 7.67. The van der Waals surface area contributed by atoms with Gasteiger partial charge in [-0.1, -0.05) is 6.07 Å². The monoisotopic (exact) mass is 192 g/mol. The summed E-state index contributed by atoms with van der Waals surface area (Å²) in [7, 11) is 0. The van der Waals surface area contributed by atoms with E-state index >= 15 is 0 Å². The minimum atomic E-state index is -0.641. The summed E-state index contributed by atoms with van der Waals surface area (Å²) >= 11 is 0. The lowest BCUT2D eigenvalue weighted by Gasteiger charge is -2.06. The predicted octanol–water partition coefficient (Wildman–Crippen LogP) is 0.111. The number of hydrogen-bond acceptors (Lipinski definition) is 4. The van der Waals surface area contributed by atoms with Crippen LogP contribution in [0.5, 0.6) is 0 Å². The fraction of sp³-hybridized carbons (Fsp3) is 0.333. The molecule has 1 unspecified atom stereocenters. The average molecular weight is 192 g/mol. The van der Waals surface area contributed by atoms with Crippen LogP contribution >= 0.6 is 0 Å². The SMILES string of the molecule is NCCC(O)c1nnc2ccccn12. The van der Waals surface area contributed by atoms with E-state index in [2.05, 4.69) is 10.2 Å². The summed E-state index contributed by atoms with van der Waals surface area (Å²) in [6.07, 6.45) is 1.68. The highest BCUT2D eigenvalue weighted by Crippen LogP contribution is 2.14. The number of aliphatic hydroxyl groups is 1. The van der Waals surface area contributed by atoms with E-state index in [0.717, 1.165) is 5.65 Å². The zero-order valence-corrected chi connectivity index (χ0v) is 7.67. The molecule has 0 aliphatic rings. The number of rotatable bonds is 3. The second-order valence-corrected chi connectivity index (χ2v) is 3.08. The number of nitrogens with zero attached hydrogens (tertiary/aromatic N) is 3. The third kappa shape index (κ3) is 1.47. The Labute approximate surface area is 81.2 Å². The Bertz CT molecular complexity index is 425. The highest BCUT2D eigenvalue weighted by atomic mass is 16.3. The van der Waals surface area contributed by atoms with E-state index < -0.39 is 6.10 Å². The lowest BCUT2D eigenvalue weighted by molar-refractivity contribution is 0.159. The van der Waals surface area contributed by atoms with Gasteiger partial charge in [0.2, 0.25) is 0 Å². The summed E-state index contributed by atoms with van der Waals surface area (Å²) in [5.41, 5.74) is 6.10. The summed E-state index contributed by atoms with van der Waals surface area (Å²) in [6, 6.07) is 5.59. The Morgan fingerprint density at radius 2 is 2.29 bits per heavy atom. The van der Waals surface area contributed by atoms with Crippen molar-refractivity contribution in [2.45, 2.75) is 12.5 Å². The first-order valence-corrected chi connectivity index (χ1v) is 4.50. The summed E-state index contributed by atoms with van der Waals surface area (Å²) in [4.78, 5) is 0. The molecule has 5 heteroatoms. The van der Waals surface area contributed by atoms with Crippen molar-refractivity contribution in [2.24, 2.45) is 5.73 Å². The highest BCUT2D eigenvalue weighted by Gasteiger charge is 2.13. The van der Waals surface area contributed by atoms with Gasteiger partial charge in [0.25, 0.3) is 0 Å². The molecule has 0 fully saturated rings. The summed E-state index contributed by atoms with van der Waals surface area (Å²) < 4.78 is 1.76. The van der Waals surface area contributed by atoms with Crippen molar-refractivity contribution in [3.63, 3.8) is 0 Å². The Morgan fingerprint density at radius 3 is 3.07 bits per heavy atom. The molecule has 2 aromatic heterocycles. The van der Waals surface area contributed by atoms with Crippen molar-refractivity contribution in [1.82, 2.24) is 14.6 Å². The molecule has 74 valence electrons. The lowest BCUT2D eigenvalue weighted by Crippen LogP contribution is -2.09. The smallest absolute Gasteiger partial charge is 0.166 e. The van der Waals surface area contributed by atoms with Gasteiger partial charge in [0.05, 0.1) is 0 Å². The topological polar surface area (TPSA) is 76.4 Å². The van der Waals surface area contributed by atoms with Crippen LogP contribution in [0.25, 0.3) is 5.65 Å². The second kappa shape index (κ2) is 3.73. The molecule has 0 spiro atoms. The number of nitrogens with two attached hydrogens (primary N) is 1. The van der Waals surface area contributed by atoms with Crippen LogP contribution in [0, 0.1) is 0 Å². The van der Waals surface area contributed by atoms with Gasteiger partial charge in [-0.2, -0.15) is 0 Å². The molecule has 0 radical (unpaired) electrons. The highest BCUT2D eigenvalue weighted by molar-refractivity contribution is 5.37. The molecular weight excluding hydrogens is 180 g/mol. The van der Waals surface area contributed by atoms with E-state index in [-0.39, 0.29) is 0 Å². The minimum Gasteiger partial charge on any atom is -0.385 e. The van der Waals surface area contributed by atoms with Crippen molar-refractivity contribution in [1.29, 1.82) is 0 Å². The van der Waals surface area contributed by atoms with Crippen molar-refractivity contribution in [3.8, 4) is 0 Å². The first kappa shape index (κ1) is 9.11. The molecular formula is C9H12N4O. The minimum absolute atomic E-state index is 0.433. The van der Waals surface area contributed by atoms with Gasteiger partial charge in [-0.05, 0) is 25.1 Å². The molecule has 0 aliphatic heterocycles. The third-order valence-electron chi connectivity index (χ3n) is 2.08.